The number of thioether (sulfide) groups is 1. The van der Waals surface area contributed by atoms with Gasteiger partial charge in [-0.3, -0.25) is 18.4 Å². The molecule has 2 aromatic heterocycles. The van der Waals surface area contributed by atoms with Crippen LogP contribution in [0, 0.1) is 11.3 Å². The van der Waals surface area contributed by atoms with E-state index in [-0.39, 0.29) is 18.4 Å². The summed E-state index contributed by atoms with van der Waals surface area (Å²) in [7, 11) is -4.33. The number of fused-ring (bicyclic) bond motifs is 1. The second-order valence-electron chi connectivity index (χ2n) is 10.6. The normalized spacial score (nSPS) is 24.1. The zero-order valence-electron chi connectivity index (χ0n) is 26.6. The zero-order valence-corrected chi connectivity index (χ0v) is 28.3. The van der Waals surface area contributed by atoms with Gasteiger partial charge < -0.3 is 24.7 Å². The van der Waals surface area contributed by atoms with Crippen molar-refractivity contribution in [1.29, 1.82) is 0 Å². The number of carbonyl (C=O) groups excluding carboxylic acids is 2. The van der Waals surface area contributed by atoms with Crippen LogP contribution in [0.4, 0.5) is 10.7 Å². The van der Waals surface area contributed by atoms with E-state index in [2.05, 4.69) is 33.2 Å². The van der Waals surface area contributed by atoms with E-state index in [1.165, 1.54) is 13.8 Å². The van der Waals surface area contributed by atoms with Crippen molar-refractivity contribution < 1.29 is 42.1 Å². The number of rotatable bonds is 16. The van der Waals surface area contributed by atoms with Gasteiger partial charge in [0.2, 0.25) is 18.1 Å². The largest absolute Gasteiger partial charge is 0.476 e. The average molecular weight is 671 g/mol. The number of nitrogen functional groups attached to an aromatic ring is 1. The topological polar surface area (TPSA) is 188 Å². The number of nitrogens with one attached hydrogen (secondary N) is 1. The first-order chi connectivity index (χ1) is 21.2. The molecule has 45 heavy (non-hydrogen) atoms. The van der Waals surface area contributed by atoms with Gasteiger partial charge in [-0.05, 0) is 46.4 Å². The monoisotopic (exact) mass is 670 g/mol. The predicted octanol–water partition coefficient (Wildman–Crippen LogP) is 5.01. The SMILES string of the molecule is C=CC1C(COP(=O)(NC(C)C(=O)OC(C)C)OC(C)OC(=O)SCC)OC(n2cnc3c(OCC)nc(N)nc32)C1(C)C=C. The van der Waals surface area contributed by atoms with Gasteiger partial charge in [0.15, 0.2) is 11.2 Å². The first kappa shape index (κ1) is 36.5. The molecule has 0 aromatic carbocycles. The van der Waals surface area contributed by atoms with Crippen molar-refractivity contribution >= 4 is 47.9 Å². The minimum atomic E-state index is -4.33. The molecule has 1 fully saturated rings. The number of ether oxygens (including phenoxy) is 4. The third kappa shape index (κ3) is 8.63. The van der Waals surface area contributed by atoms with Gasteiger partial charge in [0.25, 0.3) is 0 Å². The number of esters is 1. The smallest absolute Gasteiger partial charge is 0.409 e. The lowest BCUT2D eigenvalue weighted by Crippen LogP contribution is -2.37. The summed E-state index contributed by atoms with van der Waals surface area (Å²) in [5, 5.41) is 1.97. The van der Waals surface area contributed by atoms with Crippen LogP contribution < -0.4 is 15.6 Å². The number of nitrogens with two attached hydrogens (primary N) is 1. The molecule has 7 unspecified atom stereocenters. The number of hydrogen-bond donors (Lipinski definition) is 2. The van der Waals surface area contributed by atoms with E-state index >= 15 is 0 Å². The van der Waals surface area contributed by atoms with Crippen molar-refractivity contribution in [2.45, 2.75) is 79.2 Å². The van der Waals surface area contributed by atoms with Crippen molar-refractivity contribution in [2.24, 2.45) is 11.3 Å². The molecule has 0 bridgehead atoms. The Labute approximate surface area is 267 Å². The summed E-state index contributed by atoms with van der Waals surface area (Å²) in [4.78, 5) is 37.5. The Hall–Kier alpha value is -3.01. The number of anilines is 1. The Morgan fingerprint density at radius 2 is 1.96 bits per heavy atom. The molecule has 0 radical (unpaired) electrons. The number of imidazole rings is 1. The molecular formula is C28H43N6O9PS. The zero-order chi connectivity index (χ0) is 33.5. The third-order valence-electron chi connectivity index (χ3n) is 6.87. The van der Waals surface area contributed by atoms with Crippen molar-refractivity contribution in [3.8, 4) is 5.88 Å². The molecule has 0 spiro atoms. The summed E-state index contributed by atoms with van der Waals surface area (Å²) in [5.41, 5.74) is 5.95. The van der Waals surface area contributed by atoms with Crippen LogP contribution in [0.5, 0.6) is 5.88 Å². The lowest BCUT2D eigenvalue weighted by Gasteiger charge is -2.31. The highest BCUT2D eigenvalue weighted by atomic mass is 32.2. The van der Waals surface area contributed by atoms with Crippen LogP contribution in [0.1, 0.15) is 54.7 Å². The molecule has 250 valence electrons. The van der Waals surface area contributed by atoms with Crippen molar-refractivity contribution in [3.05, 3.63) is 31.6 Å². The van der Waals surface area contributed by atoms with E-state index in [1.807, 2.05) is 13.8 Å². The maximum absolute atomic E-state index is 14.0. The van der Waals surface area contributed by atoms with E-state index in [1.54, 1.807) is 43.8 Å². The quantitative estimate of drug-likeness (QED) is 0.105. The fraction of sp³-hybridized carbons (Fsp3) is 0.607. The van der Waals surface area contributed by atoms with Crippen LogP contribution in [-0.2, 0) is 32.6 Å². The van der Waals surface area contributed by atoms with E-state index in [0.29, 0.717) is 23.5 Å². The van der Waals surface area contributed by atoms with E-state index in [4.69, 9.17) is 33.7 Å². The van der Waals surface area contributed by atoms with Gasteiger partial charge in [-0.15, -0.1) is 13.2 Å². The summed E-state index contributed by atoms with van der Waals surface area (Å²) < 4.78 is 49.7. The lowest BCUT2D eigenvalue weighted by atomic mass is 9.75. The van der Waals surface area contributed by atoms with Crippen molar-refractivity contribution in [1.82, 2.24) is 24.6 Å². The molecule has 0 aliphatic carbocycles. The molecule has 15 nitrogen and oxygen atoms in total. The van der Waals surface area contributed by atoms with E-state index in [9.17, 15) is 14.2 Å². The lowest BCUT2D eigenvalue weighted by molar-refractivity contribution is -0.149. The Bertz CT molecular complexity index is 1420. The highest BCUT2D eigenvalue weighted by molar-refractivity contribution is 8.13. The fourth-order valence-electron chi connectivity index (χ4n) is 4.83. The van der Waals surface area contributed by atoms with Gasteiger partial charge in [-0.2, -0.15) is 9.97 Å². The van der Waals surface area contributed by atoms with Gasteiger partial charge in [0, 0.05) is 17.1 Å². The molecular weight excluding hydrogens is 627 g/mol. The summed E-state index contributed by atoms with van der Waals surface area (Å²) in [6.07, 6.45) is 1.79. The molecule has 3 rings (SSSR count). The molecule has 2 aromatic rings. The van der Waals surface area contributed by atoms with Gasteiger partial charge >= 0.3 is 19.0 Å². The molecule has 3 heterocycles. The average Bonchev–Trinajstić information content (AvgIpc) is 3.49. The molecule has 17 heteroatoms. The first-order valence-electron chi connectivity index (χ1n) is 14.5. The molecule has 1 aliphatic rings. The summed E-state index contributed by atoms with van der Waals surface area (Å²) in [6.45, 7) is 19.8. The second kappa shape index (κ2) is 15.5. The van der Waals surface area contributed by atoms with Gasteiger partial charge in [-0.25, -0.2) is 19.4 Å². The number of nitrogens with zero attached hydrogens (tertiary/aromatic N) is 4. The predicted molar refractivity (Wildman–Crippen MR) is 169 cm³/mol. The van der Waals surface area contributed by atoms with Crippen LogP contribution in [0.25, 0.3) is 11.2 Å². The van der Waals surface area contributed by atoms with E-state index < -0.39 is 61.1 Å². The van der Waals surface area contributed by atoms with Crippen LogP contribution in [0.2, 0.25) is 0 Å². The first-order valence-corrected chi connectivity index (χ1v) is 17.0. The number of carbonyl (C=O) groups is 2. The third-order valence-corrected chi connectivity index (χ3v) is 9.25. The van der Waals surface area contributed by atoms with Crippen LogP contribution in [0.15, 0.2) is 31.6 Å². The van der Waals surface area contributed by atoms with Gasteiger partial charge in [0.05, 0.1) is 31.7 Å². The fourth-order valence-corrected chi connectivity index (χ4v) is 6.82. The Morgan fingerprint density at radius 1 is 1.24 bits per heavy atom. The summed E-state index contributed by atoms with van der Waals surface area (Å²) in [5.74, 6) is -0.398. The Balaban J connectivity index is 1.91. The molecule has 7 atom stereocenters. The standard InChI is InChI=1S/C28H43N6O9PS/c1-10-19-20(14-39-44(37,33-17(7)24(35)40-16(5)6)43-18(8)41-27(36)45-13-4)42-25(28(19,9)11-2)34-15-30-21-22(34)31-26(29)32-23(21)38-12-3/h10-11,15-20,25H,1-2,12-14H2,3-9H3,(H,33,37)(H2,29,31,32). The molecule has 0 saturated carbocycles. The Kier molecular flexibility index (Phi) is 12.6. The number of aromatic nitrogens is 4. The maximum atomic E-state index is 14.0. The van der Waals surface area contributed by atoms with E-state index in [0.717, 1.165) is 11.8 Å². The highest BCUT2D eigenvalue weighted by Crippen LogP contribution is 2.54. The minimum Gasteiger partial charge on any atom is -0.476 e. The second-order valence-corrected chi connectivity index (χ2v) is 13.5. The Morgan fingerprint density at radius 3 is 2.56 bits per heavy atom. The van der Waals surface area contributed by atoms with Crippen LogP contribution in [-0.4, -0.2) is 74.3 Å². The van der Waals surface area contributed by atoms with Crippen LogP contribution >= 0.6 is 19.5 Å². The minimum absolute atomic E-state index is 0.00686. The molecule has 1 saturated heterocycles. The van der Waals surface area contributed by atoms with Crippen molar-refractivity contribution in [2.75, 3.05) is 24.7 Å². The van der Waals surface area contributed by atoms with Crippen LogP contribution in [0.3, 0.4) is 0 Å². The summed E-state index contributed by atoms with van der Waals surface area (Å²) in [6, 6.07) is -1.10. The molecule has 0 amide bonds. The maximum Gasteiger partial charge on any atom is 0.409 e. The summed E-state index contributed by atoms with van der Waals surface area (Å²) >= 11 is 0.916. The molecule has 3 N–H and O–H groups in total. The molecule has 1 aliphatic heterocycles. The highest BCUT2D eigenvalue weighted by Gasteiger charge is 2.52. The number of hydrogen-bond acceptors (Lipinski definition) is 14. The van der Waals surface area contributed by atoms with Crippen molar-refractivity contribution in [3.63, 3.8) is 0 Å². The van der Waals surface area contributed by atoms with Gasteiger partial charge in [-0.1, -0.05) is 26.0 Å². The van der Waals surface area contributed by atoms with Gasteiger partial charge in [0.1, 0.15) is 12.3 Å².